The van der Waals surface area contributed by atoms with Crippen LogP contribution in [-0.4, -0.2) is 77.2 Å². The van der Waals surface area contributed by atoms with Crippen LogP contribution in [0.25, 0.3) is 22.2 Å². The summed E-state index contributed by atoms with van der Waals surface area (Å²) in [6.45, 7) is 5.95. The van der Waals surface area contributed by atoms with Crippen molar-refractivity contribution in [2.24, 2.45) is 11.8 Å². The zero-order chi connectivity index (χ0) is 25.6. The van der Waals surface area contributed by atoms with Crippen molar-refractivity contribution in [2.75, 3.05) is 40.4 Å². The maximum Gasteiger partial charge on any atom is 0.242 e. The van der Waals surface area contributed by atoms with E-state index in [0.717, 1.165) is 28.5 Å². The van der Waals surface area contributed by atoms with E-state index in [1.165, 1.54) is 5.56 Å². The number of likely N-dealkylation sites (N-methyl/N-ethyl adjacent to an activating group) is 1. The van der Waals surface area contributed by atoms with E-state index in [1.807, 2.05) is 25.1 Å². The van der Waals surface area contributed by atoms with Crippen LogP contribution >= 0.6 is 0 Å². The Morgan fingerprint density at radius 2 is 2.19 bits per heavy atom. The van der Waals surface area contributed by atoms with Crippen LogP contribution in [0.2, 0.25) is 0 Å². The van der Waals surface area contributed by atoms with Gasteiger partial charge in [-0.1, -0.05) is 25.1 Å². The quantitative estimate of drug-likeness (QED) is 0.573. The third-order valence-electron chi connectivity index (χ3n) is 8.13. The smallest absolute Gasteiger partial charge is 0.242 e. The molecule has 2 N–H and O–H groups in total. The predicted molar refractivity (Wildman–Crippen MR) is 137 cm³/mol. The molecule has 2 fully saturated rings. The van der Waals surface area contributed by atoms with E-state index >= 15 is 0 Å². The number of nitrogens with zero attached hydrogens (tertiary/aromatic N) is 4. The van der Waals surface area contributed by atoms with Gasteiger partial charge < -0.3 is 19.7 Å². The van der Waals surface area contributed by atoms with Crippen LogP contribution in [0.3, 0.4) is 0 Å². The first-order valence-electron chi connectivity index (χ1n) is 12.5. The van der Waals surface area contributed by atoms with Crippen molar-refractivity contribution >= 4 is 16.9 Å². The number of aliphatic hydroxyl groups is 1. The number of H-pyrrole nitrogens is 1. The van der Waals surface area contributed by atoms with Crippen molar-refractivity contribution in [1.29, 1.82) is 5.26 Å². The minimum Gasteiger partial charge on any atom is -0.394 e. The number of fused-ring (bicyclic) bond motifs is 2. The highest BCUT2D eigenvalue weighted by atomic mass is 16.5. The number of likely N-dealkylation sites (tertiary alicyclic amines) is 1. The lowest BCUT2D eigenvalue weighted by Gasteiger charge is -2.49. The molecule has 188 valence electrons. The van der Waals surface area contributed by atoms with Gasteiger partial charge in [0.1, 0.15) is 23.4 Å². The lowest BCUT2D eigenvalue weighted by atomic mass is 9.69. The van der Waals surface area contributed by atoms with Crippen LogP contribution in [0.5, 0.6) is 0 Å². The number of benzene rings is 1. The third-order valence-corrected chi connectivity index (χ3v) is 8.13. The van der Waals surface area contributed by atoms with E-state index < -0.39 is 11.6 Å². The molecular formula is C28H33N5O3. The zero-order valence-corrected chi connectivity index (χ0v) is 21.3. The highest BCUT2D eigenvalue weighted by Gasteiger charge is 2.54. The maximum absolute atomic E-state index is 13.2. The summed E-state index contributed by atoms with van der Waals surface area (Å²) in [6.07, 6.45) is 4.35. The zero-order valence-electron chi connectivity index (χ0n) is 21.3. The number of amides is 1. The molecule has 1 aromatic carbocycles. The number of pyridine rings is 1. The number of hydrogen-bond donors (Lipinski definition) is 2. The van der Waals surface area contributed by atoms with Gasteiger partial charge in [-0.2, -0.15) is 5.26 Å². The second-order valence-corrected chi connectivity index (χ2v) is 10.4. The summed E-state index contributed by atoms with van der Waals surface area (Å²) < 4.78 is 6.57. The molecule has 4 heterocycles. The van der Waals surface area contributed by atoms with Gasteiger partial charge in [0.25, 0.3) is 0 Å². The van der Waals surface area contributed by atoms with Gasteiger partial charge >= 0.3 is 0 Å². The number of aryl methyl sites for hydroxylation is 1. The highest BCUT2D eigenvalue weighted by Crippen LogP contribution is 2.51. The fourth-order valence-corrected chi connectivity index (χ4v) is 6.35. The average Bonchev–Trinajstić information content (AvgIpc) is 3.49. The summed E-state index contributed by atoms with van der Waals surface area (Å²) >= 11 is 0. The second-order valence-electron chi connectivity index (χ2n) is 10.4. The van der Waals surface area contributed by atoms with Gasteiger partial charge in [-0.3, -0.25) is 9.69 Å². The molecule has 2 aliphatic heterocycles. The van der Waals surface area contributed by atoms with Crippen molar-refractivity contribution in [1.82, 2.24) is 19.8 Å². The molecule has 2 aliphatic rings. The number of carbonyl (C=O) groups is 1. The number of aliphatic hydroxyl groups excluding tert-OH is 1. The molecule has 0 aliphatic carbocycles. The van der Waals surface area contributed by atoms with E-state index in [2.05, 4.69) is 48.1 Å². The standard InChI is InChI=1S/C28H33N5O3/c1-17-11-19(22-7-9-30-26-25(22)20(12-29)13-31-26)5-6-23(17)28-18(2)14-33(15-21(28)8-10-36-28)27(35)24(16-34)32(3)4/h5-7,9,11,13,18,21,24,34H,8,10,14-16H2,1-4H3,(H,30,31)/t18-,21+,24-,28-/m1/s1. The number of aromatic nitrogens is 2. The van der Waals surface area contributed by atoms with Crippen LogP contribution in [0.1, 0.15) is 30.0 Å². The summed E-state index contributed by atoms with van der Waals surface area (Å²) in [7, 11) is 3.65. The number of ether oxygens (including phenoxy) is 1. The van der Waals surface area contributed by atoms with Gasteiger partial charge in [0.15, 0.2) is 0 Å². The van der Waals surface area contributed by atoms with Crippen molar-refractivity contribution in [3.05, 3.63) is 53.3 Å². The number of rotatable bonds is 5. The minimum absolute atomic E-state index is 0.0246. The molecule has 36 heavy (non-hydrogen) atoms. The highest BCUT2D eigenvalue weighted by molar-refractivity contribution is 5.97. The number of aromatic amines is 1. The molecule has 0 radical (unpaired) electrons. The van der Waals surface area contributed by atoms with Crippen molar-refractivity contribution < 1.29 is 14.6 Å². The van der Waals surface area contributed by atoms with Crippen LogP contribution in [0, 0.1) is 30.1 Å². The van der Waals surface area contributed by atoms with Crippen molar-refractivity contribution in [2.45, 2.75) is 31.9 Å². The minimum atomic E-state index is -0.531. The number of nitriles is 1. The molecule has 3 aromatic rings. The first kappa shape index (κ1) is 24.4. The average molecular weight is 488 g/mol. The number of nitrogens with one attached hydrogen (secondary N) is 1. The summed E-state index contributed by atoms with van der Waals surface area (Å²) in [4.78, 5) is 24.4. The Morgan fingerprint density at radius 3 is 2.89 bits per heavy atom. The number of piperidine rings is 1. The maximum atomic E-state index is 13.2. The monoisotopic (exact) mass is 487 g/mol. The molecule has 0 bridgehead atoms. The second kappa shape index (κ2) is 9.32. The third kappa shape index (κ3) is 3.70. The molecule has 2 saturated heterocycles. The predicted octanol–water partition coefficient (Wildman–Crippen LogP) is 3.04. The summed E-state index contributed by atoms with van der Waals surface area (Å²) in [5.41, 5.74) is 5.13. The molecule has 0 saturated carbocycles. The summed E-state index contributed by atoms with van der Waals surface area (Å²) in [6, 6.07) is 10.1. The normalized spacial score (nSPS) is 24.6. The molecule has 4 atom stereocenters. The van der Waals surface area contributed by atoms with E-state index in [0.29, 0.717) is 30.9 Å². The summed E-state index contributed by atoms with van der Waals surface area (Å²) in [5, 5.41) is 20.2. The Balaban J connectivity index is 1.50. The molecule has 0 unspecified atom stereocenters. The molecular weight excluding hydrogens is 454 g/mol. The van der Waals surface area contributed by atoms with Crippen LogP contribution in [0.15, 0.2) is 36.7 Å². The van der Waals surface area contributed by atoms with Crippen LogP contribution < -0.4 is 0 Å². The van der Waals surface area contributed by atoms with E-state index in [1.54, 1.807) is 17.3 Å². The fraction of sp³-hybridized carbons (Fsp3) is 0.464. The SMILES string of the molecule is Cc1cc(-c2ccnc3[nH]cc(C#N)c23)ccc1[C@]12OCC[C@H]1CN(C(=O)[C@@H](CO)N(C)C)C[C@H]2C. The molecule has 5 rings (SSSR count). The van der Waals surface area contributed by atoms with E-state index in [9.17, 15) is 15.2 Å². The molecule has 0 spiro atoms. The largest absolute Gasteiger partial charge is 0.394 e. The van der Waals surface area contributed by atoms with Crippen molar-refractivity contribution in [3.8, 4) is 17.2 Å². The van der Waals surface area contributed by atoms with Gasteiger partial charge in [0, 0.05) is 49.3 Å². The molecule has 1 amide bonds. The van der Waals surface area contributed by atoms with Gasteiger partial charge in [-0.25, -0.2) is 4.98 Å². The first-order chi connectivity index (χ1) is 17.3. The Labute approximate surface area is 211 Å². The van der Waals surface area contributed by atoms with Crippen LogP contribution in [-0.2, 0) is 15.1 Å². The van der Waals surface area contributed by atoms with Gasteiger partial charge in [0.2, 0.25) is 5.91 Å². The number of carbonyl (C=O) groups excluding carboxylic acids is 1. The Morgan fingerprint density at radius 1 is 1.39 bits per heavy atom. The van der Waals surface area contributed by atoms with Gasteiger partial charge in [-0.05, 0) is 55.8 Å². The topological polar surface area (TPSA) is 105 Å². The summed E-state index contributed by atoms with van der Waals surface area (Å²) in [5.74, 6) is 0.249. The lowest BCUT2D eigenvalue weighted by Crippen LogP contribution is -2.59. The fourth-order valence-electron chi connectivity index (χ4n) is 6.35. The van der Waals surface area contributed by atoms with Gasteiger partial charge in [-0.15, -0.1) is 0 Å². The van der Waals surface area contributed by atoms with E-state index in [-0.39, 0.29) is 24.3 Å². The molecule has 2 aromatic heterocycles. The van der Waals surface area contributed by atoms with Crippen LogP contribution in [0.4, 0.5) is 0 Å². The Hall–Kier alpha value is -3.25. The van der Waals surface area contributed by atoms with E-state index in [4.69, 9.17) is 4.74 Å². The number of hydrogen-bond acceptors (Lipinski definition) is 6. The van der Waals surface area contributed by atoms with Crippen molar-refractivity contribution in [3.63, 3.8) is 0 Å². The molecule has 8 heteroatoms. The first-order valence-corrected chi connectivity index (χ1v) is 12.5. The Bertz CT molecular complexity index is 1340. The lowest BCUT2D eigenvalue weighted by molar-refractivity contribution is -0.152. The van der Waals surface area contributed by atoms with Gasteiger partial charge in [0.05, 0.1) is 12.2 Å². The Kier molecular flexibility index (Phi) is 6.33. The molecule has 8 nitrogen and oxygen atoms in total.